The number of amides is 1. The van der Waals surface area contributed by atoms with Crippen molar-refractivity contribution >= 4 is 11.6 Å². The molecule has 1 fully saturated rings. The molecule has 1 atom stereocenters. The highest BCUT2D eigenvalue weighted by atomic mass is 16.6. The quantitative estimate of drug-likeness (QED) is 0.641. The van der Waals surface area contributed by atoms with E-state index in [1.54, 1.807) is 4.90 Å². The molecule has 0 aliphatic heterocycles. The number of hydrogen-bond acceptors (Lipinski definition) is 5. The summed E-state index contributed by atoms with van der Waals surface area (Å²) in [4.78, 5) is 24.4. The number of phenols is 1. The molecule has 1 amide bonds. The Bertz CT molecular complexity index is 634. The van der Waals surface area contributed by atoms with E-state index in [1.165, 1.54) is 6.07 Å². The molecule has 0 saturated heterocycles. The number of rotatable bonds is 6. The fraction of sp³-hybridized carbons (Fsp3) is 0.467. The zero-order valence-corrected chi connectivity index (χ0v) is 12.2. The van der Waals surface area contributed by atoms with E-state index in [0.717, 1.165) is 25.0 Å². The second-order valence-corrected chi connectivity index (χ2v) is 5.45. The third-order valence-electron chi connectivity index (χ3n) is 3.94. The van der Waals surface area contributed by atoms with Gasteiger partial charge in [-0.3, -0.25) is 14.9 Å². The van der Waals surface area contributed by atoms with Crippen molar-refractivity contribution in [3.63, 3.8) is 0 Å². The van der Waals surface area contributed by atoms with Gasteiger partial charge >= 0.3 is 5.69 Å². The standard InChI is InChI=1S/C15H17N3O4/c1-10(11-3-4-11)17(8-2-7-16)15(20)12-5-6-14(19)13(9-12)18(21)22/h5-6,9-11,19H,2-4,8H2,1H3/t10-/m0/s1. The predicted octanol–water partition coefficient (Wildman–Crippen LogP) is 2.45. The Labute approximate surface area is 127 Å². The molecule has 1 aliphatic carbocycles. The number of nitriles is 1. The second kappa shape index (κ2) is 6.43. The van der Waals surface area contributed by atoms with E-state index in [4.69, 9.17) is 5.26 Å². The summed E-state index contributed by atoms with van der Waals surface area (Å²) in [6.07, 6.45) is 2.31. The van der Waals surface area contributed by atoms with Crippen LogP contribution in [0, 0.1) is 27.4 Å². The number of hydrogen-bond donors (Lipinski definition) is 1. The molecule has 0 heterocycles. The molecule has 0 bridgehead atoms. The zero-order chi connectivity index (χ0) is 16.3. The van der Waals surface area contributed by atoms with E-state index >= 15 is 0 Å². The molecular formula is C15H17N3O4. The highest BCUT2D eigenvalue weighted by molar-refractivity contribution is 5.95. The molecule has 1 aromatic rings. The van der Waals surface area contributed by atoms with Gasteiger partial charge in [0.15, 0.2) is 5.75 Å². The Hall–Kier alpha value is -2.62. The third kappa shape index (κ3) is 3.34. The normalized spacial score (nSPS) is 14.9. The second-order valence-electron chi connectivity index (χ2n) is 5.45. The molecule has 1 saturated carbocycles. The van der Waals surface area contributed by atoms with Crippen LogP contribution < -0.4 is 0 Å². The maximum Gasteiger partial charge on any atom is 0.311 e. The number of aromatic hydroxyl groups is 1. The van der Waals surface area contributed by atoms with Gasteiger partial charge in [-0.2, -0.15) is 5.26 Å². The van der Waals surface area contributed by atoms with Crippen molar-refractivity contribution in [3.8, 4) is 11.8 Å². The van der Waals surface area contributed by atoms with Gasteiger partial charge in [-0.05, 0) is 37.8 Å². The average Bonchev–Trinajstić information content (AvgIpc) is 3.32. The molecule has 22 heavy (non-hydrogen) atoms. The first kappa shape index (κ1) is 15.8. The number of carbonyl (C=O) groups excluding carboxylic acids is 1. The van der Waals surface area contributed by atoms with Crippen LogP contribution in [0.1, 0.15) is 36.5 Å². The summed E-state index contributed by atoms with van der Waals surface area (Å²) in [5.41, 5.74) is -0.347. The number of phenolic OH excluding ortho intramolecular Hbond substituents is 1. The van der Waals surface area contributed by atoms with Crippen LogP contribution in [0.2, 0.25) is 0 Å². The van der Waals surface area contributed by atoms with Gasteiger partial charge in [-0.25, -0.2) is 0 Å². The smallest absolute Gasteiger partial charge is 0.311 e. The maximum absolute atomic E-state index is 12.6. The summed E-state index contributed by atoms with van der Waals surface area (Å²) in [6.45, 7) is 2.23. The van der Waals surface area contributed by atoms with Crippen molar-refractivity contribution in [2.75, 3.05) is 6.54 Å². The zero-order valence-electron chi connectivity index (χ0n) is 12.2. The first-order valence-corrected chi connectivity index (χ1v) is 7.11. The molecule has 0 aromatic heterocycles. The van der Waals surface area contributed by atoms with Crippen molar-refractivity contribution in [2.24, 2.45) is 5.92 Å². The summed E-state index contributed by atoms with van der Waals surface area (Å²) in [6, 6.07) is 5.60. The van der Waals surface area contributed by atoms with Gasteiger partial charge in [0.25, 0.3) is 5.91 Å². The van der Waals surface area contributed by atoms with E-state index in [9.17, 15) is 20.0 Å². The van der Waals surface area contributed by atoms with Crippen molar-refractivity contribution in [1.82, 2.24) is 4.90 Å². The van der Waals surface area contributed by atoms with Crippen molar-refractivity contribution < 1.29 is 14.8 Å². The first-order chi connectivity index (χ1) is 10.5. The monoisotopic (exact) mass is 303 g/mol. The van der Waals surface area contributed by atoms with Crippen LogP contribution in [0.4, 0.5) is 5.69 Å². The van der Waals surface area contributed by atoms with E-state index < -0.39 is 16.4 Å². The first-order valence-electron chi connectivity index (χ1n) is 7.11. The highest BCUT2D eigenvalue weighted by Gasteiger charge is 2.34. The molecule has 7 nitrogen and oxygen atoms in total. The van der Waals surface area contributed by atoms with Crippen molar-refractivity contribution in [1.29, 1.82) is 5.26 Å². The summed E-state index contributed by atoms with van der Waals surface area (Å²) in [7, 11) is 0. The molecule has 1 aliphatic rings. The van der Waals surface area contributed by atoms with Gasteiger partial charge < -0.3 is 10.0 Å². The Kier molecular flexibility index (Phi) is 4.61. The van der Waals surface area contributed by atoms with Crippen LogP contribution in [0.25, 0.3) is 0 Å². The van der Waals surface area contributed by atoms with Gasteiger partial charge in [0, 0.05) is 24.2 Å². The lowest BCUT2D eigenvalue weighted by Crippen LogP contribution is -2.40. The van der Waals surface area contributed by atoms with Crippen LogP contribution in [0.5, 0.6) is 5.75 Å². The highest BCUT2D eigenvalue weighted by Crippen LogP contribution is 2.36. The molecule has 7 heteroatoms. The van der Waals surface area contributed by atoms with Gasteiger partial charge in [0.05, 0.1) is 17.4 Å². The van der Waals surface area contributed by atoms with Crippen LogP contribution in [0.3, 0.4) is 0 Å². The molecule has 116 valence electrons. The minimum Gasteiger partial charge on any atom is -0.502 e. The molecule has 0 unspecified atom stereocenters. The molecule has 1 aromatic carbocycles. The lowest BCUT2D eigenvalue weighted by Gasteiger charge is -2.28. The number of benzene rings is 1. The van der Waals surface area contributed by atoms with E-state index in [-0.39, 0.29) is 23.9 Å². The van der Waals surface area contributed by atoms with Crippen LogP contribution >= 0.6 is 0 Å². The van der Waals surface area contributed by atoms with Gasteiger partial charge in [0.2, 0.25) is 0 Å². The SMILES string of the molecule is C[C@@H](C1CC1)N(CCC#N)C(=O)c1ccc(O)c([N+](=O)[O-])c1. The van der Waals surface area contributed by atoms with E-state index in [0.29, 0.717) is 12.5 Å². The molecular weight excluding hydrogens is 286 g/mol. The minimum absolute atomic E-state index is 0.00582. The third-order valence-corrected chi connectivity index (χ3v) is 3.94. The maximum atomic E-state index is 12.6. The largest absolute Gasteiger partial charge is 0.502 e. The Balaban J connectivity index is 2.27. The molecule has 0 radical (unpaired) electrons. The lowest BCUT2D eigenvalue weighted by molar-refractivity contribution is -0.385. The predicted molar refractivity (Wildman–Crippen MR) is 78.2 cm³/mol. The summed E-state index contributed by atoms with van der Waals surface area (Å²) in [5.74, 6) is -0.396. The Morgan fingerprint density at radius 1 is 1.59 bits per heavy atom. The molecule has 0 spiro atoms. The van der Waals surface area contributed by atoms with E-state index in [1.807, 2.05) is 13.0 Å². The van der Waals surface area contributed by atoms with Crippen LogP contribution in [-0.2, 0) is 0 Å². The van der Waals surface area contributed by atoms with Gasteiger partial charge in [0.1, 0.15) is 0 Å². The minimum atomic E-state index is -0.726. The summed E-state index contributed by atoms with van der Waals surface area (Å²) < 4.78 is 0. The Morgan fingerprint density at radius 3 is 2.82 bits per heavy atom. The number of nitro groups is 1. The summed E-state index contributed by atoms with van der Waals surface area (Å²) in [5, 5.41) is 29.1. The number of nitrogens with zero attached hydrogens (tertiary/aromatic N) is 3. The summed E-state index contributed by atoms with van der Waals surface area (Å²) >= 11 is 0. The lowest BCUT2D eigenvalue weighted by atomic mass is 10.1. The fourth-order valence-electron chi connectivity index (χ4n) is 2.46. The fourth-order valence-corrected chi connectivity index (χ4v) is 2.46. The number of carbonyl (C=O) groups is 1. The van der Waals surface area contributed by atoms with Gasteiger partial charge in [-0.1, -0.05) is 0 Å². The van der Waals surface area contributed by atoms with E-state index in [2.05, 4.69) is 0 Å². The van der Waals surface area contributed by atoms with Gasteiger partial charge in [-0.15, -0.1) is 0 Å². The van der Waals surface area contributed by atoms with Crippen LogP contribution in [-0.4, -0.2) is 33.4 Å². The van der Waals surface area contributed by atoms with Crippen molar-refractivity contribution in [2.45, 2.75) is 32.2 Å². The van der Waals surface area contributed by atoms with Crippen LogP contribution in [0.15, 0.2) is 18.2 Å². The molecule has 2 rings (SSSR count). The van der Waals surface area contributed by atoms with Crippen molar-refractivity contribution in [3.05, 3.63) is 33.9 Å². The number of nitro benzene ring substituents is 1. The average molecular weight is 303 g/mol. The Morgan fingerprint density at radius 2 is 2.27 bits per heavy atom. The molecule has 1 N–H and O–H groups in total. The topological polar surface area (TPSA) is 107 Å².